The predicted molar refractivity (Wildman–Crippen MR) is 87.8 cm³/mol. The van der Waals surface area contributed by atoms with E-state index in [2.05, 4.69) is 0 Å². The molecule has 0 radical (unpaired) electrons. The third kappa shape index (κ3) is 4.03. The maximum atomic E-state index is 12.1. The van der Waals surface area contributed by atoms with Crippen molar-refractivity contribution < 1.29 is 24.3 Å². The Morgan fingerprint density at radius 2 is 1.77 bits per heavy atom. The summed E-state index contributed by atoms with van der Waals surface area (Å²) in [5, 5.41) is 8.90. The quantitative estimate of drug-likeness (QED) is 0.699. The molecule has 0 saturated heterocycles. The number of carbonyl (C=O) groups is 1. The van der Waals surface area contributed by atoms with Gasteiger partial charge in [0.05, 0.1) is 0 Å². The van der Waals surface area contributed by atoms with Crippen molar-refractivity contribution >= 4 is 36.7 Å². The van der Waals surface area contributed by atoms with Gasteiger partial charge in [0, 0.05) is 0 Å². The van der Waals surface area contributed by atoms with Crippen molar-refractivity contribution in [2.45, 2.75) is 11.8 Å². The zero-order valence-electron chi connectivity index (χ0n) is 11.4. The molecule has 0 bridgehead atoms. The number of benzene rings is 2. The second kappa shape index (κ2) is 6.73. The topological polar surface area (TPSA) is 101 Å². The van der Waals surface area contributed by atoms with Crippen LogP contribution in [0.1, 0.15) is 15.9 Å². The first-order chi connectivity index (χ1) is 10.3. The molecule has 0 amide bonds. The first-order valence-electron chi connectivity index (χ1n) is 6.04. The molecule has 0 aliphatic carbocycles. The van der Waals surface area contributed by atoms with Crippen LogP contribution >= 0.6 is 20.6 Å². The molecule has 2 rings (SSSR count). The van der Waals surface area contributed by atoms with Crippen molar-refractivity contribution in [1.82, 2.24) is 0 Å². The van der Waals surface area contributed by atoms with E-state index >= 15 is 0 Å². The minimum absolute atomic E-state index is 0.0369. The first-order valence-corrected chi connectivity index (χ1v) is 10.4. The summed E-state index contributed by atoms with van der Waals surface area (Å²) >= 11 is -3.48. The van der Waals surface area contributed by atoms with Gasteiger partial charge in [0.2, 0.25) is 0 Å². The summed E-state index contributed by atoms with van der Waals surface area (Å²) in [4.78, 5) is 10.8. The molecule has 2 aromatic rings. The number of carboxylic acids is 1. The van der Waals surface area contributed by atoms with E-state index in [1.165, 1.54) is 36.4 Å². The van der Waals surface area contributed by atoms with Crippen molar-refractivity contribution in [1.29, 1.82) is 0 Å². The average molecular weight is 436 g/mol. The van der Waals surface area contributed by atoms with E-state index in [-0.39, 0.29) is 14.0 Å². The Bertz CT molecular complexity index is 785. The minimum atomic E-state index is -4.09. The molecule has 0 aromatic heterocycles. The molecular formula is C14H13IO6S. The average Bonchev–Trinajstić information content (AvgIpc) is 2.47. The molecular weight excluding hydrogens is 423 g/mol. The van der Waals surface area contributed by atoms with Gasteiger partial charge in [-0.2, -0.15) is 0 Å². The summed E-state index contributed by atoms with van der Waals surface area (Å²) in [5.41, 5.74) is 0.859. The van der Waals surface area contributed by atoms with Crippen LogP contribution in [0.4, 0.5) is 0 Å². The number of aromatic carboxylic acids is 1. The van der Waals surface area contributed by atoms with Gasteiger partial charge in [-0.05, 0) is 0 Å². The molecule has 0 aliphatic rings. The fraction of sp³-hybridized carbons (Fsp3) is 0.0714. The van der Waals surface area contributed by atoms with E-state index in [0.717, 1.165) is 5.56 Å². The van der Waals surface area contributed by atoms with Gasteiger partial charge in [-0.25, -0.2) is 0 Å². The van der Waals surface area contributed by atoms with Crippen molar-refractivity contribution in [2.24, 2.45) is 0 Å². The van der Waals surface area contributed by atoms with Crippen LogP contribution in [0.25, 0.3) is 0 Å². The Morgan fingerprint density at radius 1 is 1.14 bits per heavy atom. The standard InChI is InChI=1S/C14H13IO6S/c1-10-5-7-13(8-6-10)22(19,20)21-15(18)12-4-2-3-11(9-12)14(16)17/h2-9,18H,1H3,(H,16,17). The monoisotopic (exact) mass is 436 g/mol. The van der Waals surface area contributed by atoms with E-state index in [9.17, 15) is 16.6 Å². The number of rotatable bonds is 5. The van der Waals surface area contributed by atoms with E-state index in [4.69, 9.17) is 7.62 Å². The Labute approximate surface area is 136 Å². The summed E-state index contributed by atoms with van der Waals surface area (Å²) in [6, 6.07) is 11.5. The fourth-order valence-corrected chi connectivity index (χ4v) is 6.06. The molecule has 6 nitrogen and oxygen atoms in total. The van der Waals surface area contributed by atoms with Crippen LogP contribution in [0.2, 0.25) is 0 Å². The Hall–Kier alpha value is -1.49. The van der Waals surface area contributed by atoms with E-state index < -0.39 is 36.7 Å². The summed E-state index contributed by atoms with van der Waals surface area (Å²) in [5.74, 6) is -1.16. The molecule has 0 fully saturated rings. The van der Waals surface area contributed by atoms with Crippen LogP contribution in [0.5, 0.6) is 0 Å². The van der Waals surface area contributed by atoms with Gasteiger partial charge < -0.3 is 0 Å². The second-order valence-electron chi connectivity index (χ2n) is 4.38. The molecule has 22 heavy (non-hydrogen) atoms. The first kappa shape index (κ1) is 16.9. The predicted octanol–water partition coefficient (Wildman–Crippen LogP) is 2.60. The molecule has 0 heterocycles. The van der Waals surface area contributed by atoms with Gasteiger partial charge in [-0.3, -0.25) is 0 Å². The Morgan fingerprint density at radius 3 is 2.36 bits per heavy atom. The van der Waals surface area contributed by atoms with Crippen molar-refractivity contribution in [2.75, 3.05) is 0 Å². The normalized spacial score (nSPS) is 12.0. The van der Waals surface area contributed by atoms with E-state index in [1.807, 2.05) is 6.92 Å². The van der Waals surface area contributed by atoms with Crippen LogP contribution in [0.15, 0.2) is 53.4 Å². The number of aryl methyl sites for hydroxylation is 1. The summed E-state index contributed by atoms with van der Waals surface area (Å²) in [6.45, 7) is 1.82. The summed E-state index contributed by atoms with van der Waals surface area (Å²) < 4.78 is 39.3. The summed E-state index contributed by atoms with van der Waals surface area (Å²) in [6.07, 6.45) is 0. The zero-order valence-corrected chi connectivity index (χ0v) is 14.4. The Balaban J connectivity index is 2.24. The SMILES string of the molecule is Cc1ccc(S(=O)(=O)OI(O)c2cccc(C(=O)O)c2)cc1. The molecule has 0 saturated carbocycles. The molecule has 2 N–H and O–H groups in total. The van der Waals surface area contributed by atoms with Crippen molar-refractivity contribution in [3.8, 4) is 0 Å². The number of hydrogen-bond acceptors (Lipinski definition) is 5. The molecule has 0 aliphatic heterocycles. The van der Waals surface area contributed by atoms with Crippen LogP contribution in [-0.4, -0.2) is 22.9 Å². The Kier molecular flexibility index (Phi) is 5.16. The van der Waals surface area contributed by atoms with Gasteiger partial charge in [0.25, 0.3) is 0 Å². The van der Waals surface area contributed by atoms with Crippen molar-refractivity contribution in [3.63, 3.8) is 0 Å². The number of carboxylic acid groups (broad SMARTS) is 1. The number of hydrogen-bond donors (Lipinski definition) is 2. The van der Waals surface area contributed by atoms with Crippen LogP contribution in [-0.2, 0) is 12.6 Å². The second-order valence-corrected chi connectivity index (χ2v) is 9.52. The van der Waals surface area contributed by atoms with Crippen LogP contribution in [0, 0.1) is 10.5 Å². The van der Waals surface area contributed by atoms with Crippen LogP contribution in [0.3, 0.4) is 0 Å². The number of halogens is 1. The third-order valence-corrected chi connectivity index (χ3v) is 8.02. The van der Waals surface area contributed by atoms with Gasteiger partial charge in [-0.1, -0.05) is 0 Å². The molecule has 0 unspecified atom stereocenters. The van der Waals surface area contributed by atoms with E-state index in [0.29, 0.717) is 0 Å². The maximum absolute atomic E-state index is 12.1. The summed E-state index contributed by atoms with van der Waals surface area (Å²) in [7, 11) is -4.09. The third-order valence-electron chi connectivity index (χ3n) is 2.71. The van der Waals surface area contributed by atoms with Crippen molar-refractivity contribution in [3.05, 3.63) is 63.2 Å². The zero-order chi connectivity index (χ0) is 16.3. The molecule has 2 aromatic carbocycles. The van der Waals surface area contributed by atoms with Crippen LogP contribution < -0.4 is 0 Å². The van der Waals surface area contributed by atoms with Gasteiger partial charge in [0.1, 0.15) is 0 Å². The molecule has 0 spiro atoms. The molecule has 118 valence electrons. The fourth-order valence-electron chi connectivity index (χ4n) is 1.58. The van der Waals surface area contributed by atoms with Gasteiger partial charge >= 0.3 is 136 Å². The van der Waals surface area contributed by atoms with E-state index in [1.54, 1.807) is 12.1 Å². The van der Waals surface area contributed by atoms with Gasteiger partial charge in [-0.15, -0.1) is 0 Å². The molecule has 0 atom stereocenters. The van der Waals surface area contributed by atoms with Gasteiger partial charge in [0.15, 0.2) is 0 Å². The molecule has 8 heteroatoms.